The van der Waals surface area contributed by atoms with Gasteiger partial charge < -0.3 is 14.9 Å². The summed E-state index contributed by atoms with van der Waals surface area (Å²) in [5.41, 5.74) is 3.45. The first-order valence-electron chi connectivity index (χ1n) is 9.39. The first kappa shape index (κ1) is 20.0. The molecule has 5 heteroatoms. The van der Waals surface area contributed by atoms with Crippen LogP contribution < -0.4 is 4.74 Å². The van der Waals surface area contributed by atoms with E-state index in [0.717, 1.165) is 37.9 Å². The van der Waals surface area contributed by atoms with Crippen LogP contribution in [0.3, 0.4) is 0 Å². The SMILES string of the molecule is COc1cc(CN2CCC[C@@](CO)(Cc3ccccc3C)C2)cc(Cl)c1O. The monoisotopic (exact) mass is 389 g/mol. The molecule has 2 N–H and O–H groups in total. The number of nitrogens with zero attached hydrogens (tertiary/aromatic N) is 1. The number of aliphatic hydroxyl groups excluding tert-OH is 1. The van der Waals surface area contributed by atoms with Crippen LogP contribution in [0.25, 0.3) is 0 Å². The smallest absolute Gasteiger partial charge is 0.176 e. The van der Waals surface area contributed by atoms with Gasteiger partial charge in [-0.3, -0.25) is 4.90 Å². The number of aromatic hydroxyl groups is 1. The summed E-state index contributed by atoms with van der Waals surface area (Å²) in [5, 5.41) is 20.5. The van der Waals surface area contributed by atoms with Crippen molar-refractivity contribution in [3.05, 3.63) is 58.1 Å². The lowest BCUT2D eigenvalue weighted by atomic mass is 9.75. The Labute approximate surface area is 166 Å². The lowest BCUT2D eigenvalue weighted by Crippen LogP contribution is -2.46. The normalized spacial score (nSPS) is 20.6. The summed E-state index contributed by atoms with van der Waals surface area (Å²) in [5.74, 6) is 0.369. The van der Waals surface area contributed by atoms with E-state index in [-0.39, 0.29) is 17.8 Å². The molecule has 0 bridgehead atoms. The van der Waals surface area contributed by atoms with Gasteiger partial charge in [0.1, 0.15) is 0 Å². The number of hydrogen-bond acceptors (Lipinski definition) is 4. The Kier molecular flexibility index (Phi) is 6.30. The molecule has 1 saturated heterocycles. The van der Waals surface area contributed by atoms with Gasteiger partial charge >= 0.3 is 0 Å². The molecule has 27 heavy (non-hydrogen) atoms. The van der Waals surface area contributed by atoms with Crippen molar-refractivity contribution >= 4 is 11.6 Å². The van der Waals surface area contributed by atoms with Crippen molar-refractivity contribution in [1.82, 2.24) is 4.90 Å². The number of ether oxygens (including phenoxy) is 1. The molecular formula is C22H28ClNO3. The number of aliphatic hydroxyl groups is 1. The standard InChI is InChI=1S/C22H28ClNO3/c1-16-6-3-4-7-18(16)12-22(15-25)8-5-9-24(14-22)13-17-10-19(23)21(26)20(11-17)27-2/h3-4,6-7,10-11,25-26H,5,8-9,12-15H2,1-2H3/t22-/m1/s1. The van der Waals surface area contributed by atoms with Crippen molar-refractivity contribution in [3.8, 4) is 11.5 Å². The maximum absolute atomic E-state index is 10.2. The van der Waals surface area contributed by atoms with Gasteiger partial charge in [0.2, 0.25) is 0 Å². The Morgan fingerprint density at radius 3 is 2.74 bits per heavy atom. The number of rotatable bonds is 6. The van der Waals surface area contributed by atoms with Gasteiger partial charge in [0.15, 0.2) is 11.5 Å². The molecule has 1 aliphatic heterocycles. The Bertz CT molecular complexity index is 795. The van der Waals surface area contributed by atoms with Crippen molar-refractivity contribution in [2.24, 2.45) is 5.41 Å². The fourth-order valence-electron chi connectivity index (χ4n) is 4.12. The predicted molar refractivity (Wildman–Crippen MR) is 109 cm³/mol. The number of likely N-dealkylation sites (tertiary alicyclic amines) is 1. The molecule has 0 amide bonds. The minimum Gasteiger partial charge on any atom is -0.503 e. The second kappa shape index (κ2) is 8.51. The van der Waals surface area contributed by atoms with Gasteiger partial charge in [-0.05, 0) is 61.6 Å². The molecule has 1 atom stereocenters. The first-order chi connectivity index (χ1) is 13.0. The molecule has 0 spiro atoms. The van der Waals surface area contributed by atoms with Crippen LogP contribution in [-0.4, -0.2) is 41.9 Å². The Morgan fingerprint density at radius 1 is 1.26 bits per heavy atom. The molecule has 146 valence electrons. The maximum atomic E-state index is 10.2. The van der Waals surface area contributed by atoms with Crippen LogP contribution in [0.1, 0.15) is 29.5 Å². The topological polar surface area (TPSA) is 52.9 Å². The van der Waals surface area contributed by atoms with E-state index in [2.05, 4.69) is 36.1 Å². The van der Waals surface area contributed by atoms with Gasteiger partial charge in [0, 0.05) is 18.5 Å². The number of methoxy groups -OCH3 is 1. The number of phenols is 1. The van der Waals surface area contributed by atoms with Gasteiger partial charge in [-0.25, -0.2) is 0 Å². The van der Waals surface area contributed by atoms with Gasteiger partial charge in [0.25, 0.3) is 0 Å². The maximum Gasteiger partial charge on any atom is 0.176 e. The van der Waals surface area contributed by atoms with Gasteiger partial charge in [-0.1, -0.05) is 35.9 Å². The number of halogens is 1. The minimum absolute atomic E-state index is 0.0224. The molecule has 2 aromatic carbocycles. The zero-order valence-electron chi connectivity index (χ0n) is 16.0. The lowest BCUT2D eigenvalue weighted by Gasteiger charge is -2.42. The minimum atomic E-state index is -0.130. The fraction of sp³-hybridized carbons (Fsp3) is 0.455. The van der Waals surface area contributed by atoms with E-state index < -0.39 is 0 Å². The van der Waals surface area contributed by atoms with E-state index in [1.54, 1.807) is 6.07 Å². The molecule has 0 aromatic heterocycles. The molecule has 0 unspecified atom stereocenters. The largest absolute Gasteiger partial charge is 0.503 e. The van der Waals surface area contributed by atoms with Crippen LogP contribution in [-0.2, 0) is 13.0 Å². The Hall–Kier alpha value is -1.75. The lowest BCUT2D eigenvalue weighted by molar-refractivity contribution is 0.0287. The third kappa shape index (κ3) is 4.57. The number of piperidine rings is 1. The van der Waals surface area contributed by atoms with E-state index >= 15 is 0 Å². The van der Waals surface area contributed by atoms with Crippen LogP contribution in [0.15, 0.2) is 36.4 Å². The summed E-state index contributed by atoms with van der Waals surface area (Å²) >= 11 is 6.13. The zero-order valence-corrected chi connectivity index (χ0v) is 16.8. The second-order valence-electron chi connectivity index (χ2n) is 7.70. The average Bonchev–Trinajstić information content (AvgIpc) is 2.66. The van der Waals surface area contributed by atoms with Crippen LogP contribution in [0, 0.1) is 12.3 Å². The molecule has 1 heterocycles. The van der Waals surface area contributed by atoms with Gasteiger partial charge in [-0.15, -0.1) is 0 Å². The summed E-state index contributed by atoms with van der Waals surface area (Å²) in [6.45, 7) is 4.84. The summed E-state index contributed by atoms with van der Waals surface area (Å²) in [6.07, 6.45) is 2.95. The predicted octanol–water partition coefficient (Wildman–Crippen LogP) is 4.18. The summed E-state index contributed by atoms with van der Waals surface area (Å²) < 4.78 is 5.22. The van der Waals surface area contributed by atoms with Crippen molar-refractivity contribution < 1.29 is 14.9 Å². The van der Waals surface area contributed by atoms with Gasteiger partial charge in [0.05, 0.1) is 18.7 Å². The highest BCUT2D eigenvalue weighted by molar-refractivity contribution is 6.32. The zero-order chi connectivity index (χ0) is 19.4. The van der Waals surface area contributed by atoms with Crippen molar-refractivity contribution in [2.75, 3.05) is 26.8 Å². The number of benzene rings is 2. The number of aryl methyl sites for hydroxylation is 1. The first-order valence-corrected chi connectivity index (χ1v) is 9.77. The van der Waals surface area contributed by atoms with Crippen LogP contribution in [0.5, 0.6) is 11.5 Å². The fourth-order valence-corrected chi connectivity index (χ4v) is 4.35. The van der Waals surface area contributed by atoms with Crippen LogP contribution >= 0.6 is 11.6 Å². The molecule has 0 saturated carbocycles. The molecule has 1 aliphatic rings. The quantitative estimate of drug-likeness (QED) is 0.778. The van der Waals surface area contributed by atoms with Crippen LogP contribution in [0.2, 0.25) is 5.02 Å². The van der Waals surface area contributed by atoms with E-state index in [9.17, 15) is 10.2 Å². The molecule has 2 aromatic rings. The second-order valence-corrected chi connectivity index (χ2v) is 8.11. The van der Waals surface area contributed by atoms with Crippen molar-refractivity contribution in [2.45, 2.75) is 32.7 Å². The highest BCUT2D eigenvalue weighted by Crippen LogP contribution is 2.37. The molecule has 0 radical (unpaired) electrons. The third-order valence-electron chi connectivity index (χ3n) is 5.62. The summed E-state index contributed by atoms with van der Waals surface area (Å²) in [7, 11) is 1.52. The van der Waals surface area contributed by atoms with E-state index in [1.165, 1.54) is 18.2 Å². The summed E-state index contributed by atoms with van der Waals surface area (Å²) in [4.78, 5) is 2.36. The molecule has 1 fully saturated rings. The molecule has 4 nitrogen and oxygen atoms in total. The van der Waals surface area contributed by atoms with Crippen LogP contribution in [0.4, 0.5) is 0 Å². The number of hydrogen-bond donors (Lipinski definition) is 2. The highest BCUT2D eigenvalue weighted by atomic mass is 35.5. The molecule has 3 rings (SSSR count). The average molecular weight is 390 g/mol. The van der Waals surface area contributed by atoms with Crippen molar-refractivity contribution in [3.63, 3.8) is 0 Å². The highest BCUT2D eigenvalue weighted by Gasteiger charge is 2.35. The summed E-state index contributed by atoms with van der Waals surface area (Å²) in [6, 6.07) is 12.0. The van der Waals surface area contributed by atoms with E-state index in [1.807, 2.05) is 6.07 Å². The molecule has 0 aliphatic carbocycles. The Balaban J connectivity index is 1.76. The molecular weight excluding hydrogens is 362 g/mol. The van der Waals surface area contributed by atoms with Gasteiger partial charge in [-0.2, -0.15) is 0 Å². The third-order valence-corrected chi connectivity index (χ3v) is 5.91. The van der Waals surface area contributed by atoms with E-state index in [0.29, 0.717) is 17.3 Å². The van der Waals surface area contributed by atoms with E-state index in [4.69, 9.17) is 16.3 Å². The Morgan fingerprint density at radius 2 is 2.04 bits per heavy atom. The van der Waals surface area contributed by atoms with Crippen molar-refractivity contribution in [1.29, 1.82) is 0 Å². The number of phenolic OH excluding ortho intramolecular Hbond substituents is 1.